The van der Waals surface area contributed by atoms with Crippen molar-refractivity contribution in [1.82, 2.24) is 5.32 Å². The summed E-state index contributed by atoms with van der Waals surface area (Å²) in [7, 11) is 3.65. The van der Waals surface area contributed by atoms with E-state index in [4.69, 9.17) is 11.6 Å². The average Bonchev–Trinajstić information content (AvgIpc) is 2.25. The number of likely N-dealkylation sites (N-methyl/N-ethyl adjacent to an activating group) is 2. The molecule has 0 heterocycles. The summed E-state index contributed by atoms with van der Waals surface area (Å²) >= 11 is 5.73. The van der Waals surface area contributed by atoms with Crippen molar-refractivity contribution >= 4 is 23.0 Å². The number of halogens is 1. The van der Waals surface area contributed by atoms with E-state index in [1.54, 1.807) is 12.1 Å². The summed E-state index contributed by atoms with van der Waals surface area (Å²) in [6, 6.07) is 4.68. The molecule has 0 fully saturated rings. The third kappa shape index (κ3) is 3.08. The van der Waals surface area contributed by atoms with Gasteiger partial charge in [0.25, 0.3) is 5.69 Å². The van der Waals surface area contributed by atoms with Crippen LogP contribution >= 0.6 is 11.6 Å². The van der Waals surface area contributed by atoms with Gasteiger partial charge in [0.1, 0.15) is 5.69 Å². The summed E-state index contributed by atoms with van der Waals surface area (Å²) in [5, 5.41) is 14.2. The molecule has 1 N–H and O–H groups in total. The van der Waals surface area contributed by atoms with E-state index in [1.165, 1.54) is 6.07 Å². The molecule has 88 valence electrons. The molecule has 0 atom stereocenters. The smallest absolute Gasteiger partial charge is 0.294 e. The summed E-state index contributed by atoms with van der Waals surface area (Å²) in [5.74, 6) is 0. The highest BCUT2D eigenvalue weighted by Gasteiger charge is 2.17. The molecule has 0 amide bonds. The van der Waals surface area contributed by atoms with Gasteiger partial charge in [-0.15, -0.1) is 0 Å². The number of hydrogen-bond donors (Lipinski definition) is 1. The van der Waals surface area contributed by atoms with Crippen LogP contribution in [0.5, 0.6) is 0 Å². The predicted octanol–water partition coefficient (Wildman–Crippen LogP) is 1.90. The van der Waals surface area contributed by atoms with E-state index in [9.17, 15) is 10.1 Å². The first-order valence-electron chi connectivity index (χ1n) is 4.86. The Morgan fingerprint density at radius 1 is 1.56 bits per heavy atom. The van der Waals surface area contributed by atoms with Gasteiger partial charge in [0, 0.05) is 31.2 Å². The molecule has 0 radical (unpaired) electrons. The lowest BCUT2D eigenvalue weighted by molar-refractivity contribution is -0.384. The van der Waals surface area contributed by atoms with Gasteiger partial charge in [-0.2, -0.15) is 0 Å². The maximum Gasteiger partial charge on any atom is 0.294 e. The standard InChI is InChI=1S/C10H14ClN3O2/c1-12-5-6-13(2)9-4-3-8(11)7-10(9)14(15)16/h3-4,7,12H,5-6H2,1-2H3. The van der Waals surface area contributed by atoms with Crippen LogP contribution in [0.3, 0.4) is 0 Å². The molecule has 0 saturated heterocycles. The molecular weight excluding hydrogens is 230 g/mol. The Morgan fingerprint density at radius 2 is 2.25 bits per heavy atom. The van der Waals surface area contributed by atoms with Crippen molar-refractivity contribution in [3.05, 3.63) is 33.3 Å². The van der Waals surface area contributed by atoms with Crippen LogP contribution in [0, 0.1) is 10.1 Å². The van der Waals surface area contributed by atoms with E-state index in [1.807, 2.05) is 19.0 Å². The second kappa shape index (κ2) is 5.67. The Morgan fingerprint density at radius 3 is 2.81 bits per heavy atom. The summed E-state index contributed by atoms with van der Waals surface area (Å²) in [5.41, 5.74) is 0.607. The fraction of sp³-hybridized carbons (Fsp3) is 0.400. The number of nitro benzene ring substituents is 1. The first-order chi connectivity index (χ1) is 7.56. The normalized spacial score (nSPS) is 10.2. The molecule has 1 aromatic rings. The Kier molecular flexibility index (Phi) is 4.52. The van der Waals surface area contributed by atoms with Gasteiger partial charge < -0.3 is 10.2 Å². The fourth-order valence-corrected chi connectivity index (χ4v) is 1.53. The predicted molar refractivity (Wildman–Crippen MR) is 65.3 cm³/mol. The van der Waals surface area contributed by atoms with Gasteiger partial charge in [-0.1, -0.05) is 11.6 Å². The van der Waals surface area contributed by atoms with Gasteiger partial charge in [0.15, 0.2) is 0 Å². The van der Waals surface area contributed by atoms with E-state index in [0.29, 0.717) is 17.3 Å². The number of nitro groups is 1. The van der Waals surface area contributed by atoms with Crippen molar-refractivity contribution in [1.29, 1.82) is 0 Å². The van der Waals surface area contributed by atoms with E-state index in [-0.39, 0.29) is 5.69 Å². The van der Waals surface area contributed by atoms with Crippen molar-refractivity contribution < 1.29 is 4.92 Å². The minimum Gasteiger partial charge on any atom is -0.368 e. The Balaban J connectivity index is 2.98. The maximum absolute atomic E-state index is 10.9. The van der Waals surface area contributed by atoms with Gasteiger partial charge in [0.05, 0.1) is 4.92 Å². The highest BCUT2D eigenvalue weighted by atomic mass is 35.5. The minimum atomic E-state index is -0.420. The lowest BCUT2D eigenvalue weighted by Crippen LogP contribution is -2.27. The molecule has 0 aliphatic carbocycles. The fourth-order valence-electron chi connectivity index (χ4n) is 1.37. The van der Waals surface area contributed by atoms with Gasteiger partial charge in [-0.05, 0) is 19.2 Å². The molecule has 0 spiro atoms. The summed E-state index contributed by atoms with van der Waals surface area (Å²) in [4.78, 5) is 12.3. The van der Waals surface area contributed by atoms with Crippen molar-refractivity contribution in [3.8, 4) is 0 Å². The van der Waals surface area contributed by atoms with Crippen LogP contribution in [0.1, 0.15) is 0 Å². The van der Waals surface area contributed by atoms with E-state index in [2.05, 4.69) is 5.32 Å². The summed E-state index contributed by atoms with van der Waals surface area (Å²) in [6.45, 7) is 1.45. The van der Waals surface area contributed by atoms with E-state index in [0.717, 1.165) is 6.54 Å². The zero-order valence-corrected chi connectivity index (χ0v) is 9.99. The van der Waals surface area contributed by atoms with Crippen LogP contribution in [0.2, 0.25) is 5.02 Å². The van der Waals surface area contributed by atoms with Gasteiger partial charge in [-0.3, -0.25) is 10.1 Å². The number of nitrogens with zero attached hydrogens (tertiary/aromatic N) is 2. The number of benzene rings is 1. The van der Waals surface area contributed by atoms with E-state index < -0.39 is 4.92 Å². The molecule has 0 saturated carbocycles. The average molecular weight is 244 g/mol. The first kappa shape index (κ1) is 12.7. The topological polar surface area (TPSA) is 58.4 Å². The SMILES string of the molecule is CNCCN(C)c1ccc(Cl)cc1[N+](=O)[O-]. The highest BCUT2D eigenvalue weighted by molar-refractivity contribution is 6.30. The van der Waals surface area contributed by atoms with E-state index >= 15 is 0 Å². The zero-order valence-electron chi connectivity index (χ0n) is 9.24. The zero-order chi connectivity index (χ0) is 12.1. The molecule has 1 rings (SSSR count). The molecule has 5 nitrogen and oxygen atoms in total. The van der Waals surface area contributed by atoms with Gasteiger partial charge in [0.2, 0.25) is 0 Å². The third-order valence-electron chi connectivity index (χ3n) is 2.24. The second-order valence-electron chi connectivity index (χ2n) is 3.42. The molecular formula is C10H14ClN3O2. The first-order valence-corrected chi connectivity index (χ1v) is 5.23. The van der Waals surface area contributed by atoms with Crippen LogP contribution < -0.4 is 10.2 Å². The minimum absolute atomic E-state index is 0.0334. The van der Waals surface area contributed by atoms with Crippen LogP contribution in [0.4, 0.5) is 11.4 Å². The largest absolute Gasteiger partial charge is 0.368 e. The molecule has 6 heteroatoms. The molecule has 0 aliphatic heterocycles. The lowest BCUT2D eigenvalue weighted by atomic mass is 10.2. The van der Waals surface area contributed by atoms with Crippen molar-refractivity contribution in [2.45, 2.75) is 0 Å². The molecule has 0 unspecified atom stereocenters. The van der Waals surface area contributed by atoms with Crippen LogP contribution in [-0.2, 0) is 0 Å². The Hall–Kier alpha value is -1.33. The van der Waals surface area contributed by atoms with Crippen molar-refractivity contribution in [2.24, 2.45) is 0 Å². The molecule has 1 aromatic carbocycles. The van der Waals surface area contributed by atoms with Crippen LogP contribution in [-0.4, -0.2) is 32.1 Å². The second-order valence-corrected chi connectivity index (χ2v) is 3.85. The van der Waals surface area contributed by atoms with Gasteiger partial charge >= 0.3 is 0 Å². The lowest BCUT2D eigenvalue weighted by Gasteiger charge is -2.18. The maximum atomic E-state index is 10.9. The molecule has 0 aromatic heterocycles. The Labute approximate surface area is 99.2 Å². The number of anilines is 1. The molecule has 0 bridgehead atoms. The number of hydrogen-bond acceptors (Lipinski definition) is 4. The molecule has 16 heavy (non-hydrogen) atoms. The van der Waals surface area contributed by atoms with Gasteiger partial charge in [-0.25, -0.2) is 0 Å². The highest BCUT2D eigenvalue weighted by Crippen LogP contribution is 2.29. The number of rotatable bonds is 5. The summed E-state index contributed by atoms with van der Waals surface area (Å²) in [6.07, 6.45) is 0. The monoisotopic (exact) mass is 243 g/mol. The van der Waals surface area contributed by atoms with Crippen molar-refractivity contribution in [3.63, 3.8) is 0 Å². The molecule has 0 aliphatic rings. The summed E-state index contributed by atoms with van der Waals surface area (Å²) < 4.78 is 0. The Bertz CT molecular complexity index is 384. The van der Waals surface area contributed by atoms with Crippen LogP contribution in [0.25, 0.3) is 0 Å². The van der Waals surface area contributed by atoms with Crippen LogP contribution in [0.15, 0.2) is 18.2 Å². The number of nitrogens with one attached hydrogen (secondary N) is 1. The third-order valence-corrected chi connectivity index (χ3v) is 2.48. The van der Waals surface area contributed by atoms with Crippen molar-refractivity contribution in [2.75, 3.05) is 32.1 Å². The quantitative estimate of drug-likeness (QED) is 0.634.